The molecule has 0 spiro atoms. The maximum Gasteiger partial charge on any atom is 2.00 e. The average molecular weight is 311 g/mol. The Kier molecular flexibility index (Phi) is 6.07. The van der Waals surface area contributed by atoms with Crippen molar-refractivity contribution in [2.24, 2.45) is 0 Å². The Morgan fingerprint density at radius 3 is 2.17 bits per heavy atom. The van der Waals surface area contributed by atoms with Crippen LogP contribution in [0.15, 0.2) is 30.3 Å². The van der Waals surface area contributed by atoms with Crippen LogP contribution >= 0.6 is 7.60 Å². The van der Waals surface area contributed by atoms with Crippen molar-refractivity contribution in [1.82, 2.24) is 0 Å². The van der Waals surface area contributed by atoms with E-state index in [1.54, 1.807) is 24.3 Å². The second-order valence-corrected chi connectivity index (χ2v) is 3.95. The average Bonchev–Trinajstić information content (AvgIpc) is 1.85. The van der Waals surface area contributed by atoms with Gasteiger partial charge in [0.05, 0.1) is 6.16 Å². The van der Waals surface area contributed by atoms with E-state index in [-0.39, 0.29) is 57.9 Å². The van der Waals surface area contributed by atoms with Crippen molar-refractivity contribution >= 4 is 56.5 Å². The third-order valence-corrected chi connectivity index (χ3v) is 2.01. The summed E-state index contributed by atoms with van der Waals surface area (Å²) in [5.41, 5.74) is 0.667. The van der Waals surface area contributed by atoms with Crippen LogP contribution in [0, 0.1) is 0 Å². The normalized spacial score (nSPS) is 10.5. The standard InChI is InChI=1S/C7H9O3P.Ba.2H/c8-11(9,10)6-7-4-2-1-3-5-7;;;/h1-5H,6H2,(H2,8,9,10);;;/q;+2;2*-1. The van der Waals surface area contributed by atoms with Crippen LogP contribution in [0.1, 0.15) is 8.42 Å². The van der Waals surface area contributed by atoms with Crippen molar-refractivity contribution in [2.75, 3.05) is 0 Å². The number of hydrogen-bond donors (Lipinski definition) is 2. The topological polar surface area (TPSA) is 57.5 Å². The van der Waals surface area contributed by atoms with Crippen LogP contribution in [0.25, 0.3) is 0 Å². The van der Waals surface area contributed by atoms with Crippen LogP contribution in [0.4, 0.5) is 0 Å². The molecule has 0 unspecified atom stereocenters. The Bertz CT molecular complexity index is 278. The molecule has 1 aromatic carbocycles. The van der Waals surface area contributed by atoms with Gasteiger partial charge in [0.15, 0.2) is 0 Å². The Morgan fingerprint density at radius 2 is 1.75 bits per heavy atom. The van der Waals surface area contributed by atoms with Crippen LogP contribution in [-0.2, 0) is 10.7 Å². The number of hydrogen-bond acceptors (Lipinski definition) is 1. The van der Waals surface area contributed by atoms with E-state index in [9.17, 15) is 4.57 Å². The van der Waals surface area contributed by atoms with Crippen molar-refractivity contribution in [3.8, 4) is 0 Å². The molecule has 0 atom stereocenters. The van der Waals surface area contributed by atoms with Crippen LogP contribution < -0.4 is 0 Å². The molecule has 0 heterocycles. The van der Waals surface area contributed by atoms with Gasteiger partial charge in [-0.05, 0) is 5.56 Å². The minimum Gasteiger partial charge on any atom is -1.00 e. The minimum atomic E-state index is -3.89. The van der Waals surface area contributed by atoms with Gasteiger partial charge in [-0.2, -0.15) is 0 Å². The zero-order valence-electron chi connectivity index (χ0n) is 8.55. The van der Waals surface area contributed by atoms with Gasteiger partial charge in [0.1, 0.15) is 0 Å². The van der Waals surface area contributed by atoms with Crippen LogP contribution in [0.2, 0.25) is 0 Å². The van der Waals surface area contributed by atoms with Gasteiger partial charge < -0.3 is 12.6 Å². The number of rotatable bonds is 2. The first kappa shape index (κ1) is 12.9. The molecule has 0 radical (unpaired) electrons. The van der Waals surface area contributed by atoms with Gasteiger partial charge in [-0.25, -0.2) is 0 Å². The van der Waals surface area contributed by atoms with E-state index in [2.05, 4.69) is 0 Å². The van der Waals surface area contributed by atoms with Gasteiger partial charge in [-0.15, -0.1) is 0 Å². The summed E-state index contributed by atoms with van der Waals surface area (Å²) in [6.45, 7) is 0. The molecule has 12 heavy (non-hydrogen) atoms. The molecular formula is C7H11BaO3P. The van der Waals surface area contributed by atoms with E-state index in [1.807, 2.05) is 6.07 Å². The fraction of sp³-hybridized carbons (Fsp3) is 0.143. The molecular weight excluding hydrogens is 300 g/mol. The molecule has 0 aromatic heterocycles. The van der Waals surface area contributed by atoms with E-state index >= 15 is 0 Å². The van der Waals surface area contributed by atoms with Gasteiger partial charge in [-0.3, -0.25) is 4.57 Å². The van der Waals surface area contributed by atoms with E-state index < -0.39 is 7.60 Å². The predicted molar refractivity (Wildman–Crippen MR) is 50.2 cm³/mol. The van der Waals surface area contributed by atoms with Crippen LogP contribution in [0.5, 0.6) is 0 Å². The first-order chi connectivity index (χ1) is 5.08. The van der Waals surface area contributed by atoms with Crippen LogP contribution in [0.3, 0.4) is 0 Å². The van der Waals surface area contributed by atoms with Gasteiger partial charge in [0.2, 0.25) is 0 Å². The molecule has 0 fully saturated rings. The Hall–Kier alpha value is 0.941. The summed E-state index contributed by atoms with van der Waals surface area (Å²) in [5, 5.41) is 0. The molecule has 5 heteroatoms. The van der Waals surface area contributed by atoms with Crippen molar-refractivity contribution in [3.63, 3.8) is 0 Å². The summed E-state index contributed by atoms with van der Waals surface area (Å²) in [7, 11) is -3.89. The van der Waals surface area contributed by atoms with Gasteiger partial charge >= 0.3 is 56.5 Å². The summed E-state index contributed by atoms with van der Waals surface area (Å²) in [5.74, 6) is 0. The zero-order valence-corrected chi connectivity index (χ0v) is 11.9. The van der Waals surface area contributed by atoms with Gasteiger partial charge in [0.25, 0.3) is 0 Å². The SMILES string of the molecule is O=P(O)(O)Cc1ccccc1.[Ba+2].[H-].[H-]. The van der Waals surface area contributed by atoms with E-state index in [0.29, 0.717) is 5.56 Å². The minimum absolute atomic E-state index is 0. The van der Waals surface area contributed by atoms with Crippen LogP contribution in [-0.4, -0.2) is 58.7 Å². The molecule has 1 aromatic rings. The van der Waals surface area contributed by atoms with E-state index in [1.165, 1.54) is 0 Å². The molecule has 1 rings (SSSR count). The molecule has 0 amide bonds. The second kappa shape index (κ2) is 5.63. The summed E-state index contributed by atoms with van der Waals surface area (Å²) in [6, 6.07) is 8.71. The molecule has 0 saturated carbocycles. The van der Waals surface area contributed by atoms with Gasteiger partial charge in [-0.1, -0.05) is 30.3 Å². The predicted octanol–water partition coefficient (Wildman–Crippen LogP) is 1.21. The molecule has 0 bridgehead atoms. The number of benzene rings is 1. The van der Waals surface area contributed by atoms with E-state index in [4.69, 9.17) is 9.79 Å². The van der Waals surface area contributed by atoms with Crippen molar-refractivity contribution < 1.29 is 17.2 Å². The summed E-state index contributed by atoms with van der Waals surface area (Å²) in [4.78, 5) is 17.2. The Balaban J connectivity index is -0.000000403. The smallest absolute Gasteiger partial charge is 1.00 e. The molecule has 0 aliphatic carbocycles. The van der Waals surface area contributed by atoms with Crippen molar-refractivity contribution in [1.29, 1.82) is 0 Å². The zero-order chi connectivity index (χ0) is 8.32. The maximum absolute atomic E-state index is 10.5. The molecule has 0 saturated heterocycles. The third kappa shape index (κ3) is 5.56. The summed E-state index contributed by atoms with van der Waals surface area (Å²) >= 11 is 0. The maximum atomic E-state index is 10.5. The quantitative estimate of drug-likeness (QED) is 0.637. The Labute approximate surface area is 114 Å². The molecule has 2 N–H and O–H groups in total. The first-order valence-electron chi connectivity index (χ1n) is 3.16. The Morgan fingerprint density at radius 1 is 1.25 bits per heavy atom. The fourth-order valence-electron chi connectivity index (χ4n) is 0.821. The summed E-state index contributed by atoms with van der Waals surface area (Å²) in [6.07, 6.45) is -0.173. The molecule has 0 aliphatic rings. The first-order valence-corrected chi connectivity index (χ1v) is 4.96. The fourth-order valence-corrected chi connectivity index (χ4v) is 1.51. The van der Waals surface area contributed by atoms with Crippen molar-refractivity contribution in [3.05, 3.63) is 35.9 Å². The summed E-state index contributed by atoms with van der Waals surface area (Å²) < 4.78 is 10.5. The monoisotopic (exact) mass is 312 g/mol. The molecule has 3 nitrogen and oxygen atoms in total. The third-order valence-electron chi connectivity index (χ3n) is 1.23. The van der Waals surface area contributed by atoms with Crippen molar-refractivity contribution in [2.45, 2.75) is 6.16 Å². The van der Waals surface area contributed by atoms with Gasteiger partial charge in [0, 0.05) is 0 Å². The largest absolute Gasteiger partial charge is 2.00 e. The molecule has 64 valence electrons. The molecule has 0 aliphatic heterocycles. The van der Waals surface area contributed by atoms with E-state index in [0.717, 1.165) is 0 Å². The second-order valence-electron chi connectivity index (χ2n) is 2.31.